The second kappa shape index (κ2) is 1.97. The standard InChI is InChI=1S/C6H10N2O2/c1-6(2)4(9)8-5(7-3)10-6/h1-3H3,(H,7,8,9). The second-order valence-corrected chi connectivity index (χ2v) is 2.60. The Morgan fingerprint density at radius 2 is 2.20 bits per heavy atom. The third-order valence-corrected chi connectivity index (χ3v) is 1.32. The van der Waals surface area contributed by atoms with Crippen LogP contribution in [0.25, 0.3) is 0 Å². The van der Waals surface area contributed by atoms with Crippen LogP contribution in [-0.4, -0.2) is 24.6 Å². The molecule has 1 heterocycles. The minimum Gasteiger partial charge on any atom is -0.449 e. The normalized spacial score (nSPS) is 26.3. The Bertz CT molecular complexity index is 196. The lowest BCUT2D eigenvalue weighted by molar-refractivity contribution is -0.128. The number of amidine groups is 1. The predicted octanol–water partition coefficient (Wildman–Crippen LogP) is -0.103. The molecule has 4 nitrogen and oxygen atoms in total. The Kier molecular flexibility index (Phi) is 1.39. The van der Waals surface area contributed by atoms with Crippen molar-refractivity contribution in [2.75, 3.05) is 7.05 Å². The van der Waals surface area contributed by atoms with E-state index in [1.165, 1.54) is 0 Å². The number of nitrogens with zero attached hydrogens (tertiary/aromatic N) is 1. The van der Waals surface area contributed by atoms with E-state index < -0.39 is 5.60 Å². The van der Waals surface area contributed by atoms with Crippen LogP contribution in [0.1, 0.15) is 13.8 Å². The van der Waals surface area contributed by atoms with Gasteiger partial charge in [-0.25, -0.2) is 4.99 Å². The lowest BCUT2D eigenvalue weighted by Gasteiger charge is -2.11. The summed E-state index contributed by atoms with van der Waals surface area (Å²) >= 11 is 0. The fraction of sp³-hybridized carbons (Fsp3) is 0.667. The van der Waals surface area contributed by atoms with Crippen LogP contribution in [0.5, 0.6) is 0 Å². The summed E-state index contributed by atoms with van der Waals surface area (Å²) in [6.45, 7) is 3.39. The van der Waals surface area contributed by atoms with E-state index in [0.29, 0.717) is 6.02 Å². The van der Waals surface area contributed by atoms with Gasteiger partial charge in [-0.15, -0.1) is 0 Å². The highest BCUT2D eigenvalue weighted by atomic mass is 16.5. The van der Waals surface area contributed by atoms with Crippen LogP contribution in [0.4, 0.5) is 0 Å². The van der Waals surface area contributed by atoms with Crippen LogP contribution >= 0.6 is 0 Å². The first-order chi connectivity index (χ1) is 4.56. The molecule has 0 unspecified atom stereocenters. The highest BCUT2D eigenvalue weighted by Crippen LogP contribution is 2.14. The smallest absolute Gasteiger partial charge is 0.292 e. The SMILES string of the molecule is CN=C1NC(=O)C(C)(C)O1. The van der Waals surface area contributed by atoms with Gasteiger partial charge in [-0.1, -0.05) is 0 Å². The summed E-state index contributed by atoms with van der Waals surface area (Å²) in [7, 11) is 1.57. The highest BCUT2D eigenvalue weighted by molar-refractivity contribution is 6.04. The molecule has 0 atom stereocenters. The van der Waals surface area contributed by atoms with Crippen LogP contribution in [0.2, 0.25) is 0 Å². The van der Waals surface area contributed by atoms with E-state index in [0.717, 1.165) is 0 Å². The molecule has 0 saturated carbocycles. The molecule has 1 N–H and O–H groups in total. The number of carbonyl (C=O) groups excluding carboxylic acids is 1. The fourth-order valence-corrected chi connectivity index (χ4v) is 0.663. The molecular weight excluding hydrogens is 132 g/mol. The molecule has 4 heteroatoms. The lowest BCUT2D eigenvalue weighted by Crippen LogP contribution is -2.32. The molecule has 0 aromatic heterocycles. The maximum absolute atomic E-state index is 10.9. The van der Waals surface area contributed by atoms with E-state index >= 15 is 0 Å². The van der Waals surface area contributed by atoms with Gasteiger partial charge >= 0.3 is 0 Å². The van der Waals surface area contributed by atoms with Crippen LogP contribution in [0.15, 0.2) is 4.99 Å². The van der Waals surface area contributed by atoms with Crippen LogP contribution in [-0.2, 0) is 9.53 Å². The summed E-state index contributed by atoms with van der Waals surface area (Å²) in [5.41, 5.74) is -0.755. The Balaban J connectivity index is 2.81. The topological polar surface area (TPSA) is 50.7 Å². The average Bonchev–Trinajstić information content (AvgIpc) is 2.08. The largest absolute Gasteiger partial charge is 0.449 e. The zero-order chi connectivity index (χ0) is 7.78. The van der Waals surface area contributed by atoms with Crippen molar-refractivity contribution in [3.05, 3.63) is 0 Å². The van der Waals surface area contributed by atoms with Gasteiger partial charge in [0.25, 0.3) is 11.9 Å². The van der Waals surface area contributed by atoms with Crippen molar-refractivity contribution >= 4 is 11.9 Å². The van der Waals surface area contributed by atoms with Crippen molar-refractivity contribution in [2.45, 2.75) is 19.4 Å². The van der Waals surface area contributed by atoms with Gasteiger partial charge in [0.05, 0.1) is 0 Å². The molecule has 1 aliphatic heterocycles. The van der Waals surface area contributed by atoms with Gasteiger partial charge in [-0.3, -0.25) is 10.1 Å². The van der Waals surface area contributed by atoms with Crippen molar-refractivity contribution < 1.29 is 9.53 Å². The molecular formula is C6H10N2O2. The van der Waals surface area contributed by atoms with E-state index in [4.69, 9.17) is 4.74 Å². The maximum Gasteiger partial charge on any atom is 0.292 e. The first-order valence-electron chi connectivity index (χ1n) is 3.03. The molecule has 1 rings (SSSR count). The van der Waals surface area contributed by atoms with Crippen molar-refractivity contribution in [1.82, 2.24) is 5.32 Å². The molecule has 1 fully saturated rings. The Morgan fingerprint density at radius 3 is 2.40 bits per heavy atom. The summed E-state index contributed by atoms with van der Waals surface area (Å²) in [5, 5.41) is 2.48. The van der Waals surface area contributed by atoms with Crippen molar-refractivity contribution in [1.29, 1.82) is 0 Å². The summed E-state index contributed by atoms with van der Waals surface area (Å²) in [4.78, 5) is 14.6. The molecule has 0 spiro atoms. The monoisotopic (exact) mass is 142 g/mol. The van der Waals surface area contributed by atoms with Gasteiger partial charge in [0.1, 0.15) is 0 Å². The molecule has 1 amide bonds. The number of nitrogens with one attached hydrogen (secondary N) is 1. The number of carbonyl (C=O) groups is 1. The van der Waals surface area contributed by atoms with Gasteiger partial charge in [-0.2, -0.15) is 0 Å². The van der Waals surface area contributed by atoms with Crippen LogP contribution < -0.4 is 5.32 Å². The van der Waals surface area contributed by atoms with Gasteiger partial charge in [0.2, 0.25) is 0 Å². The molecule has 0 aliphatic carbocycles. The number of ether oxygens (including phenoxy) is 1. The predicted molar refractivity (Wildman–Crippen MR) is 36.7 cm³/mol. The molecule has 0 aromatic carbocycles. The number of amides is 1. The van der Waals surface area contributed by atoms with Gasteiger partial charge in [-0.05, 0) is 13.8 Å². The molecule has 0 radical (unpaired) electrons. The van der Waals surface area contributed by atoms with Crippen molar-refractivity contribution in [3.63, 3.8) is 0 Å². The number of rotatable bonds is 0. The quantitative estimate of drug-likeness (QED) is 0.513. The summed E-state index contributed by atoms with van der Waals surface area (Å²) in [6, 6.07) is 0.301. The van der Waals surface area contributed by atoms with E-state index in [1.807, 2.05) is 0 Å². The second-order valence-electron chi connectivity index (χ2n) is 2.60. The third kappa shape index (κ3) is 0.964. The third-order valence-electron chi connectivity index (χ3n) is 1.32. The van der Waals surface area contributed by atoms with Crippen LogP contribution in [0, 0.1) is 0 Å². The molecule has 0 bridgehead atoms. The average molecular weight is 142 g/mol. The number of aliphatic imine (C=N–C) groups is 1. The Morgan fingerprint density at radius 1 is 1.60 bits per heavy atom. The molecule has 1 saturated heterocycles. The zero-order valence-corrected chi connectivity index (χ0v) is 6.26. The molecule has 10 heavy (non-hydrogen) atoms. The van der Waals surface area contributed by atoms with E-state index in [-0.39, 0.29) is 5.91 Å². The van der Waals surface area contributed by atoms with Gasteiger partial charge in [0.15, 0.2) is 5.60 Å². The van der Waals surface area contributed by atoms with Crippen LogP contribution in [0.3, 0.4) is 0 Å². The summed E-state index contributed by atoms with van der Waals surface area (Å²) < 4.78 is 5.10. The fourth-order valence-electron chi connectivity index (χ4n) is 0.663. The Labute approximate surface area is 59.3 Å². The summed E-state index contributed by atoms with van der Waals surface area (Å²) in [5.74, 6) is -0.145. The molecule has 1 aliphatic rings. The first-order valence-corrected chi connectivity index (χ1v) is 3.03. The molecule has 56 valence electrons. The number of hydrogen-bond acceptors (Lipinski definition) is 3. The van der Waals surface area contributed by atoms with E-state index in [1.54, 1.807) is 20.9 Å². The Hall–Kier alpha value is -1.06. The van der Waals surface area contributed by atoms with Crippen molar-refractivity contribution in [3.8, 4) is 0 Å². The minimum atomic E-state index is -0.755. The lowest BCUT2D eigenvalue weighted by atomic mass is 10.1. The molecule has 0 aromatic rings. The minimum absolute atomic E-state index is 0.145. The first kappa shape index (κ1) is 7.05. The van der Waals surface area contributed by atoms with Gasteiger partial charge in [0, 0.05) is 7.05 Å². The number of hydrogen-bond donors (Lipinski definition) is 1. The zero-order valence-electron chi connectivity index (χ0n) is 6.26. The highest BCUT2D eigenvalue weighted by Gasteiger charge is 2.38. The summed E-state index contributed by atoms with van der Waals surface area (Å²) in [6.07, 6.45) is 0. The van der Waals surface area contributed by atoms with Gasteiger partial charge < -0.3 is 4.74 Å². The maximum atomic E-state index is 10.9. The van der Waals surface area contributed by atoms with E-state index in [2.05, 4.69) is 10.3 Å². The van der Waals surface area contributed by atoms with E-state index in [9.17, 15) is 4.79 Å². The van der Waals surface area contributed by atoms with Crippen molar-refractivity contribution in [2.24, 2.45) is 4.99 Å².